The number of phenolic OH excluding ortho intramolecular Hbond substituents is 1. The van der Waals surface area contributed by atoms with Crippen LogP contribution in [0.4, 0.5) is 11.6 Å². The average Bonchev–Trinajstić information content (AvgIpc) is 2.80. The monoisotopic (exact) mass is 267 g/mol. The fraction of sp³-hybridized carbons (Fsp3) is 0.188. The predicted octanol–water partition coefficient (Wildman–Crippen LogP) is 3.90. The third-order valence-corrected chi connectivity index (χ3v) is 3.23. The third-order valence-electron chi connectivity index (χ3n) is 3.23. The fourth-order valence-electron chi connectivity index (χ4n) is 2.29. The lowest BCUT2D eigenvalue weighted by atomic mass is 10.3. The van der Waals surface area contributed by atoms with Crippen molar-refractivity contribution in [2.24, 2.45) is 0 Å². The number of rotatable bonds is 4. The van der Waals surface area contributed by atoms with Crippen LogP contribution < -0.4 is 5.32 Å². The summed E-state index contributed by atoms with van der Waals surface area (Å²) < 4.78 is 2.18. The van der Waals surface area contributed by atoms with Crippen molar-refractivity contribution in [1.29, 1.82) is 0 Å². The molecule has 0 bridgehead atoms. The van der Waals surface area contributed by atoms with Gasteiger partial charge in [-0.15, -0.1) is 0 Å². The van der Waals surface area contributed by atoms with Gasteiger partial charge in [0.2, 0.25) is 5.95 Å². The molecule has 0 aliphatic heterocycles. The number of benzene rings is 2. The van der Waals surface area contributed by atoms with Crippen molar-refractivity contribution < 1.29 is 5.11 Å². The second-order valence-electron chi connectivity index (χ2n) is 4.75. The van der Waals surface area contributed by atoms with Crippen LogP contribution in [0.2, 0.25) is 0 Å². The molecule has 3 aromatic rings. The smallest absolute Gasteiger partial charge is 0.208 e. The molecule has 0 atom stereocenters. The number of nitrogens with zero attached hydrogens (tertiary/aromatic N) is 2. The van der Waals surface area contributed by atoms with Crippen LogP contribution in [0.25, 0.3) is 11.0 Å². The van der Waals surface area contributed by atoms with E-state index in [1.165, 1.54) is 0 Å². The molecule has 102 valence electrons. The van der Waals surface area contributed by atoms with Crippen LogP contribution >= 0.6 is 0 Å². The largest absolute Gasteiger partial charge is 0.508 e. The van der Waals surface area contributed by atoms with Gasteiger partial charge in [0.1, 0.15) is 5.75 Å². The van der Waals surface area contributed by atoms with E-state index in [1.807, 2.05) is 30.3 Å². The minimum absolute atomic E-state index is 0.262. The zero-order valence-electron chi connectivity index (χ0n) is 11.4. The van der Waals surface area contributed by atoms with E-state index in [0.717, 1.165) is 35.6 Å². The Morgan fingerprint density at radius 1 is 1.10 bits per heavy atom. The number of anilines is 2. The lowest BCUT2D eigenvalue weighted by molar-refractivity contribution is 0.475. The van der Waals surface area contributed by atoms with Crippen molar-refractivity contribution >= 4 is 22.7 Å². The predicted molar refractivity (Wildman–Crippen MR) is 81.4 cm³/mol. The molecule has 2 aromatic carbocycles. The van der Waals surface area contributed by atoms with Gasteiger partial charge < -0.3 is 15.0 Å². The highest BCUT2D eigenvalue weighted by Gasteiger charge is 2.09. The number of aromatic nitrogens is 2. The molecule has 4 heteroatoms. The van der Waals surface area contributed by atoms with Gasteiger partial charge in [0.25, 0.3) is 0 Å². The lowest BCUT2D eigenvalue weighted by Crippen LogP contribution is -2.03. The van der Waals surface area contributed by atoms with E-state index in [4.69, 9.17) is 0 Å². The molecule has 0 spiro atoms. The molecule has 4 nitrogen and oxygen atoms in total. The molecule has 0 saturated carbocycles. The van der Waals surface area contributed by atoms with Gasteiger partial charge in [-0.2, -0.15) is 0 Å². The molecule has 3 rings (SSSR count). The summed E-state index contributed by atoms with van der Waals surface area (Å²) in [5.41, 5.74) is 3.04. The first-order valence-corrected chi connectivity index (χ1v) is 6.79. The molecule has 0 saturated heterocycles. The van der Waals surface area contributed by atoms with Crippen molar-refractivity contribution in [1.82, 2.24) is 9.55 Å². The Kier molecular flexibility index (Phi) is 3.29. The Bertz CT molecular complexity index is 716. The summed E-state index contributed by atoms with van der Waals surface area (Å²) in [4.78, 5) is 4.64. The Hall–Kier alpha value is -2.49. The number of imidazole rings is 1. The van der Waals surface area contributed by atoms with E-state index in [2.05, 4.69) is 27.9 Å². The summed E-state index contributed by atoms with van der Waals surface area (Å²) in [6, 6.07) is 15.1. The highest BCUT2D eigenvalue weighted by Crippen LogP contribution is 2.24. The van der Waals surface area contributed by atoms with E-state index >= 15 is 0 Å². The average molecular weight is 267 g/mol. The van der Waals surface area contributed by atoms with Crippen molar-refractivity contribution in [3.8, 4) is 5.75 Å². The van der Waals surface area contributed by atoms with Crippen molar-refractivity contribution in [2.75, 3.05) is 5.32 Å². The maximum absolute atomic E-state index is 9.33. The number of hydrogen-bond donors (Lipinski definition) is 2. The number of fused-ring (bicyclic) bond motifs is 1. The van der Waals surface area contributed by atoms with Gasteiger partial charge in [0.05, 0.1) is 11.0 Å². The first-order valence-electron chi connectivity index (χ1n) is 6.79. The highest BCUT2D eigenvalue weighted by molar-refractivity contribution is 5.79. The second-order valence-corrected chi connectivity index (χ2v) is 4.75. The van der Waals surface area contributed by atoms with E-state index in [0.29, 0.717) is 0 Å². The number of para-hydroxylation sites is 2. The van der Waals surface area contributed by atoms with Crippen molar-refractivity contribution in [3.63, 3.8) is 0 Å². The van der Waals surface area contributed by atoms with Crippen LogP contribution in [0.1, 0.15) is 13.3 Å². The molecule has 1 heterocycles. The first kappa shape index (κ1) is 12.5. The maximum Gasteiger partial charge on any atom is 0.208 e. The van der Waals surface area contributed by atoms with E-state index in [9.17, 15) is 5.11 Å². The molecule has 0 unspecified atom stereocenters. The van der Waals surface area contributed by atoms with E-state index < -0.39 is 0 Å². The minimum Gasteiger partial charge on any atom is -0.508 e. The standard InChI is InChI=1S/C16H17N3O/c1-2-11-19-15-6-4-3-5-14(15)18-16(19)17-12-7-9-13(20)10-8-12/h3-10,20H,2,11H2,1H3,(H,17,18). The molecule has 0 radical (unpaired) electrons. The number of phenols is 1. The highest BCUT2D eigenvalue weighted by atomic mass is 16.3. The van der Waals surface area contributed by atoms with Gasteiger partial charge in [-0.3, -0.25) is 0 Å². The summed E-state index contributed by atoms with van der Waals surface area (Å²) in [6.07, 6.45) is 1.05. The van der Waals surface area contributed by atoms with Crippen LogP contribution in [0.5, 0.6) is 5.75 Å². The third kappa shape index (κ3) is 2.32. The Balaban J connectivity index is 2.01. The summed E-state index contributed by atoms with van der Waals surface area (Å²) >= 11 is 0. The van der Waals surface area contributed by atoms with Gasteiger partial charge in [-0.25, -0.2) is 4.98 Å². The minimum atomic E-state index is 0.262. The van der Waals surface area contributed by atoms with Gasteiger partial charge in [-0.05, 0) is 42.8 Å². The molecule has 0 fully saturated rings. The molecule has 1 aromatic heterocycles. The molecule has 0 aliphatic rings. The van der Waals surface area contributed by atoms with Crippen LogP contribution in [0, 0.1) is 0 Å². The summed E-state index contributed by atoms with van der Waals surface area (Å²) in [5.74, 6) is 1.09. The molecule has 0 aliphatic carbocycles. The molecular formula is C16H17N3O. The second kappa shape index (κ2) is 5.25. The molecule has 20 heavy (non-hydrogen) atoms. The normalized spacial score (nSPS) is 10.8. The Morgan fingerprint density at radius 3 is 2.60 bits per heavy atom. The van der Waals surface area contributed by atoms with Gasteiger partial charge in [0.15, 0.2) is 0 Å². The SMILES string of the molecule is CCCn1c(Nc2ccc(O)cc2)nc2ccccc21. The summed E-state index contributed by atoms with van der Waals surface area (Å²) in [6.45, 7) is 3.07. The van der Waals surface area contributed by atoms with E-state index in [-0.39, 0.29) is 5.75 Å². The molecule has 0 amide bonds. The van der Waals surface area contributed by atoms with Crippen molar-refractivity contribution in [3.05, 3.63) is 48.5 Å². The topological polar surface area (TPSA) is 50.1 Å². The zero-order chi connectivity index (χ0) is 13.9. The lowest BCUT2D eigenvalue weighted by Gasteiger charge is -2.09. The molecular weight excluding hydrogens is 250 g/mol. The van der Waals surface area contributed by atoms with Crippen LogP contribution in [-0.2, 0) is 6.54 Å². The van der Waals surface area contributed by atoms with Crippen LogP contribution in [0.3, 0.4) is 0 Å². The van der Waals surface area contributed by atoms with Gasteiger partial charge in [-0.1, -0.05) is 19.1 Å². The van der Waals surface area contributed by atoms with Crippen molar-refractivity contribution in [2.45, 2.75) is 19.9 Å². The van der Waals surface area contributed by atoms with Gasteiger partial charge in [0, 0.05) is 12.2 Å². The Morgan fingerprint density at radius 2 is 1.85 bits per heavy atom. The first-order chi connectivity index (χ1) is 9.78. The number of hydrogen-bond acceptors (Lipinski definition) is 3. The van der Waals surface area contributed by atoms with Crippen LogP contribution in [-0.4, -0.2) is 14.7 Å². The number of aromatic hydroxyl groups is 1. The summed E-state index contributed by atoms with van der Waals surface area (Å²) in [7, 11) is 0. The fourth-order valence-corrected chi connectivity index (χ4v) is 2.29. The molecule has 2 N–H and O–H groups in total. The number of aryl methyl sites for hydroxylation is 1. The summed E-state index contributed by atoms with van der Waals surface area (Å²) in [5, 5.41) is 12.6. The van der Waals surface area contributed by atoms with Crippen LogP contribution in [0.15, 0.2) is 48.5 Å². The van der Waals surface area contributed by atoms with E-state index in [1.54, 1.807) is 12.1 Å². The van der Waals surface area contributed by atoms with Gasteiger partial charge >= 0.3 is 0 Å². The zero-order valence-corrected chi connectivity index (χ0v) is 11.4. The quantitative estimate of drug-likeness (QED) is 0.705. The number of nitrogens with one attached hydrogen (secondary N) is 1. The Labute approximate surface area is 117 Å². The maximum atomic E-state index is 9.33.